The van der Waals surface area contributed by atoms with Gasteiger partial charge >= 0.3 is 0 Å². The Morgan fingerprint density at radius 3 is 2.00 bits per heavy atom. The molecular weight excluding hydrogens is 372 g/mol. The van der Waals surface area contributed by atoms with E-state index in [9.17, 15) is 4.79 Å². The van der Waals surface area contributed by atoms with E-state index < -0.39 is 0 Å². The van der Waals surface area contributed by atoms with E-state index in [-0.39, 0.29) is 5.91 Å². The largest absolute Gasteiger partial charge is 0.369 e. The monoisotopic (exact) mass is 402 g/mol. The lowest BCUT2D eigenvalue weighted by Gasteiger charge is -2.34. The minimum absolute atomic E-state index is 0.0852. The van der Waals surface area contributed by atoms with Crippen LogP contribution in [-0.2, 0) is 0 Å². The number of piperazine rings is 1. The number of carbonyl (C=O) groups excluding carboxylic acids is 1. The van der Waals surface area contributed by atoms with Crippen LogP contribution < -0.4 is 10.2 Å². The number of rotatable bonds is 4. The van der Waals surface area contributed by atoms with Gasteiger partial charge in [0.05, 0.1) is 0 Å². The van der Waals surface area contributed by atoms with Crippen LogP contribution in [0.15, 0.2) is 54.6 Å². The fourth-order valence-electron chi connectivity index (χ4n) is 4.08. The molecule has 3 aromatic rings. The third kappa shape index (κ3) is 4.12. The summed E-state index contributed by atoms with van der Waals surface area (Å²) >= 11 is 0. The number of amides is 1. The van der Waals surface area contributed by atoms with Gasteiger partial charge in [-0.25, -0.2) is 0 Å². The van der Waals surface area contributed by atoms with Gasteiger partial charge in [-0.1, -0.05) is 0 Å². The molecule has 4 rings (SSSR count). The van der Waals surface area contributed by atoms with Crippen molar-refractivity contribution in [2.24, 2.45) is 0 Å². The number of anilines is 2. The molecule has 1 aromatic heterocycles. The molecule has 0 radical (unpaired) electrons. The highest BCUT2D eigenvalue weighted by molar-refractivity contribution is 6.04. The van der Waals surface area contributed by atoms with Crippen molar-refractivity contribution >= 4 is 17.3 Å². The molecule has 1 N–H and O–H groups in total. The summed E-state index contributed by atoms with van der Waals surface area (Å²) in [4.78, 5) is 17.5. The molecule has 2 aromatic carbocycles. The van der Waals surface area contributed by atoms with Gasteiger partial charge in [0, 0.05) is 60.2 Å². The smallest absolute Gasteiger partial charge is 0.255 e. The minimum atomic E-state index is -0.0852. The number of likely N-dealkylation sites (N-methyl/N-ethyl adjacent to an activating group) is 1. The lowest BCUT2D eigenvalue weighted by atomic mass is 10.1. The zero-order valence-corrected chi connectivity index (χ0v) is 18.3. The standard InChI is InChI=1S/C25H30N4O/c1-18-17-23(28-15-13-27(4)14-16-28)11-12-24(18)26-25(30)21-7-9-22(10-8-21)29-19(2)5-6-20(29)3/h5-12,17H,13-16H2,1-4H3,(H,26,30). The molecule has 0 spiro atoms. The van der Waals surface area contributed by atoms with E-state index in [2.05, 4.69) is 71.8 Å². The van der Waals surface area contributed by atoms with E-state index >= 15 is 0 Å². The van der Waals surface area contributed by atoms with E-state index in [4.69, 9.17) is 0 Å². The maximum absolute atomic E-state index is 12.8. The lowest BCUT2D eigenvalue weighted by Crippen LogP contribution is -2.44. The molecular formula is C25H30N4O. The topological polar surface area (TPSA) is 40.5 Å². The average molecular weight is 403 g/mol. The van der Waals surface area contributed by atoms with E-state index in [1.165, 1.54) is 17.1 Å². The van der Waals surface area contributed by atoms with Gasteiger partial charge in [-0.3, -0.25) is 4.79 Å². The van der Waals surface area contributed by atoms with Gasteiger partial charge in [-0.05, 0) is 88.0 Å². The van der Waals surface area contributed by atoms with Gasteiger partial charge in [0.1, 0.15) is 0 Å². The fraction of sp³-hybridized carbons (Fsp3) is 0.320. The van der Waals surface area contributed by atoms with Gasteiger partial charge in [-0.15, -0.1) is 0 Å². The summed E-state index contributed by atoms with van der Waals surface area (Å²) < 4.78 is 2.18. The molecule has 1 amide bonds. The zero-order valence-electron chi connectivity index (χ0n) is 18.3. The van der Waals surface area contributed by atoms with E-state index in [1.54, 1.807) is 0 Å². The number of nitrogens with zero attached hydrogens (tertiary/aromatic N) is 3. The number of benzene rings is 2. The van der Waals surface area contributed by atoms with Crippen molar-refractivity contribution in [3.8, 4) is 5.69 Å². The number of nitrogens with one attached hydrogen (secondary N) is 1. The second-order valence-corrected chi connectivity index (χ2v) is 8.24. The molecule has 30 heavy (non-hydrogen) atoms. The maximum Gasteiger partial charge on any atom is 0.255 e. The predicted octanol–water partition coefficient (Wildman–Crippen LogP) is 4.41. The van der Waals surface area contributed by atoms with Crippen LogP contribution in [0.1, 0.15) is 27.3 Å². The number of hydrogen-bond acceptors (Lipinski definition) is 3. The van der Waals surface area contributed by atoms with Crippen molar-refractivity contribution in [2.45, 2.75) is 20.8 Å². The van der Waals surface area contributed by atoms with Gasteiger partial charge < -0.3 is 19.7 Å². The molecule has 1 aliphatic heterocycles. The van der Waals surface area contributed by atoms with Crippen LogP contribution in [0.5, 0.6) is 0 Å². The lowest BCUT2D eigenvalue weighted by molar-refractivity contribution is 0.102. The number of carbonyl (C=O) groups is 1. The van der Waals surface area contributed by atoms with Crippen LogP contribution in [0, 0.1) is 20.8 Å². The summed E-state index contributed by atoms with van der Waals surface area (Å²) in [7, 11) is 2.16. The molecule has 2 heterocycles. The normalized spacial score (nSPS) is 14.7. The molecule has 1 saturated heterocycles. The Morgan fingerprint density at radius 1 is 0.800 bits per heavy atom. The summed E-state index contributed by atoms with van der Waals surface area (Å²) in [6.45, 7) is 10.5. The van der Waals surface area contributed by atoms with Gasteiger partial charge in [0.2, 0.25) is 0 Å². The van der Waals surface area contributed by atoms with Gasteiger partial charge in [-0.2, -0.15) is 0 Å². The van der Waals surface area contributed by atoms with Crippen LogP contribution >= 0.6 is 0 Å². The molecule has 0 bridgehead atoms. The molecule has 1 fully saturated rings. The molecule has 0 saturated carbocycles. The van der Waals surface area contributed by atoms with Crippen molar-refractivity contribution in [3.05, 3.63) is 77.1 Å². The summed E-state index contributed by atoms with van der Waals surface area (Å²) in [5.74, 6) is -0.0852. The molecule has 5 nitrogen and oxygen atoms in total. The Morgan fingerprint density at radius 2 is 1.40 bits per heavy atom. The Bertz CT molecular complexity index is 1020. The first-order valence-corrected chi connectivity index (χ1v) is 10.5. The molecule has 0 atom stereocenters. The second kappa shape index (κ2) is 8.36. The maximum atomic E-state index is 12.8. The Hall–Kier alpha value is -3.05. The zero-order chi connectivity index (χ0) is 21.3. The predicted molar refractivity (Wildman–Crippen MR) is 124 cm³/mol. The first-order valence-electron chi connectivity index (χ1n) is 10.5. The van der Waals surface area contributed by atoms with E-state index in [0.29, 0.717) is 5.56 Å². The fourth-order valence-corrected chi connectivity index (χ4v) is 4.08. The van der Waals surface area contributed by atoms with Crippen molar-refractivity contribution in [2.75, 3.05) is 43.4 Å². The van der Waals surface area contributed by atoms with Gasteiger partial charge in [0.25, 0.3) is 5.91 Å². The highest BCUT2D eigenvalue weighted by Crippen LogP contribution is 2.24. The molecule has 0 aliphatic carbocycles. The number of aromatic nitrogens is 1. The van der Waals surface area contributed by atoms with E-state index in [0.717, 1.165) is 43.1 Å². The summed E-state index contributed by atoms with van der Waals surface area (Å²) in [5, 5.41) is 3.07. The quantitative estimate of drug-likeness (QED) is 0.703. The Labute approximate surface area is 178 Å². The van der Waals surface area contributed by atoms with Crippen LogP contribution in [0.3, 0.4) is 0 Å². The molecule has 5 heteroatoms. The second-order valence-electron chi connectivity index (χ2n) is 8.24. The average Bonchev–Trinajstić information content (AvgIpc) is 3.08. The highest BCUT2D eigenvalue weighted by Gasteiger charge is 2.15. The SMILES string of the molecule is Cc1cc(N2CCN(C)CC2)ccc1NC(=O)c1ccc(-n2c(C)ccc2C)cc1. The van der Waals surface area contributed by atoms with Crippen molar-refractivity contribution in [1.29, 1.82) is 0 Å². The molecule has 0 unspecified atom stereocenters. The van der Waals surface area contributed by atoms with Crippen molar-refractivity contribution in [3.63, 3.8) is 0 Å². The van der Waals surface area contributed by atoms with Crippen LogP contribution in [0.25, 0.3) is 5.69 Å². The third-order valence-electron chi connectivity index (χ3n) is 5.99. The van der Waals surface area contributed by atoms with Crippen molar-refractivity contribution < 1.29 is 4.79 Å². The van der Waals surface area contributed by atoms with Crippen LogP contribution in [0.4, 0.5) is 11.4 Å². The Kier molecular flexibility index (Phi) is 5.64. The summed E-state index contributed by atoms with van der Waals surface area (Å²) in [5.41, 5.74) is 7.25. The van der Waals surface area contributed by atoms with E-state index in [1.807, 2.05) is 30.3 Å². The van der Waals surface area contributed by atoms with Crippen LogP contribution in [-0.4, -0.2) is 48.6 Å². The van der Waals surface area contributed by atoms with Crippen molar-refractivity contribution in [1.82, 2.24) is 9.47 Å². The number of hydrogen-bond donors (Lipinski definition) is 1. The summed E-state index contributed by atoms with van der Waals surface area (Å²) in [6, 6.07) is 18.3. The number of aryl methyl sites for hydroxylation is 3. The Balaban J connectivity index is 1.46. The first kappa shape index (κ1) is 20.2. The molecule has 1 aliphatic rings. The molecule has 156 valence electrons. The van der Waals surface area contributed by atoms with Crippen LogP contribution in [0.2, 0.25) is 0 Å². The third-order valence-corrected chi connectivity index (χ3v) is 5.99. The van der Waals surface area contributed by atoms with Gasteiger partial charge in [0.15, 0.2) is 0 Å². The minimum Gasteiger partial charge on any atom is -0.369 e. The summed E-state index contributed by atoms with van der Waals surface area (Å²) in [6.07, 6.45) is 0. The first-order chi connectivity index (χ1) is 14.4. The highest BCUT2D eigenvalue weighted by atomic mass is 16.1.